The van der Waals surface area contributed by atoms with E-state index in [-0.39, 0.29) is 0 Å². The third kappa shape index (κ3) is 3.22. The predicted octanol–water partition coefficient (Wildman–Crippen LogP) is 3.76. The molecule has 0 bridgehead atoms. The Hall–Kier alpha value is -1.93. The van der Waals surface area contributed by atoms with Crippen molar-refractivity contribution in [3.05, 3.63) is 38.2 Å². The highest BCUT2D eigenvalue weighted by Gasteiger charge is 2.14. The van der Waals surface area contributed by atoms with Crippen molar-refractivity contribution in [2.24, 2.45) is 0 Å². The van der Waals surface area contributed by atoms with Crippen molar-refractivity contribution >= 4 is 17.2 Å². The molecule has 0 amide bonds. The van der Waals surface area contributed by atoms with Crippen LogP contribution in [0.15, 0.2) is 6.07 Å². The molecular weight excluding hydrogens is 280 g/mol. The summed E-state index contributed by atoms with van der Waals surface area (Å²) in [4.78, 5) is 2.57. The molecule has 2 aromatic heterocycles. The summed E-state index contributed by atoms with van der Waals surface area (Å²) < 4.78 is 0. The van der Waals surface area contributed by atoms with Crippen molar-refractivity contribution in [3.63, 3.8) is 0 Å². The van der Waals surface area contributed by atoms with E-state index in [0.717, 1.165) is 24.1 Å². The topological polar surface area (TPSA) is 61.6 Å². The summed E-state index contributed by atoms with van der Waals surface area (Å²) in [5.41, 5.74) is 3.87. The summed E-state index contributed by atoms with van der Waals surface area (Å²) in [5.74, 6) is 0.593. The summed E-state index contributed by atoms with van der Waals surface area (Å²) in [6.07, 6.45) is 1.60. The summed E-state index contributed by atoms with van der Waals surface area (Å²) >= 11 is 1.77. The predicted molar refractivity (Wildman–Crippen MR) is 86.6 cm³/mol. The van der Waals surface area contributed by atoms with Crippen LogP contribution in [0.2, 0.25) is 0 Å². The number of rotatable bonds is 5. The fourth-order valence-corrected chi connectivity index (χ4v) is 3.32. The first kappa shape index (κ1) is 15.5. The van der Waals surface area contributed by atoms with Crippen LogP contribution < -0.4 is 5.32 Å². The van der Waals surface area contributed by atoms with Crippen molar-refractivity contribution < 1.29 is 0 Å². The number of anilines is 1. The summed E-state index contributed by atoms with van der Waals surface area (Å²) in [6.45, 7) is 9.00. The number of nitriles is 1. The van der Waals surface area contributed by atoms with Gasteiger partial charge in [-0.1, -0.05) is 13.8 Å². The SMILES string of the molecule is CCc1nnc(NCc2cc(C)c(C)s2)c(C#N)c1CC. The zero-order chi connectivity index (χ0) is 15.4. The molecule has 110 valence electrons. The maximum absolute atomic E-state index is 9.44. The summed E-state index contributed by atoms with van der Waals surface area (Å²) in [7, 11) is 0. The summed E-state index contributed by atoms with van der Waals surface area (Å²) in [6, 6.07) is 4.46. The highest BCUT2D eigenvalue weighted by Crippen LogP contribution is 2.23. The lowest BCUT2D eigenvalue weighted by Crippen LogP contribution is -2.09. The van der Waals surface area contributed by atoms with Gasteiger partial charge in [-0.3, -0.25) is 0 Å². The normalized spacial score (nSPS) is 10.4. The van der Waals surface area contributed by atoms with Crippen LogP contribution in [0.3, 0.4) is 0 Å². The lowest BCUT2D eigenvalue weighted by atomic mass is 10.0. The van der Waals surface area contributed by atoms with Gasteiger partial charge in [-0.25, -0.2) is 0 Å². The first-order valence-corrected chi connectivity index (χ1v) is 8.00. The van der Waals surface area contributed by atoms with E-state index in [1.54, 1.807) is 11.3 Å². The molecule has 1 N–H and O–H groups in total. The number of hydrogen-bond donors (Lipinski definition) is 1. The van der Waals surface area contributed by atoms with E-state index >= 15 is 0 Å². The van der Waals surface area contributed by atoms with E-state index in [9.17, 15) is 5.26 Å². The Kier molecular flexibility index (Phi) is 4.92. The van der Waals surface area contributed by atoms with Crippen LogP contribution in [-0.4, -0.2) is 10.2 Å². The maximum Gasteiger partial charge on any atom is 0.167 e. The molecule has 0 spiro atoms. The molecule has 0 aliphatic heterocycles. The molecule has 2 rings (SSSR count). The number of nitrogens with zero attached hydrogens (tertiary/aromatic N) is 3. The molecule has 0 aromatic carbocycles. The largest absolute Gasteiger partial charge is 0.363 e. The molecule has 4 nitrogen and oxygen atoms in total. The van der Waals surface area contributed by atoms with E-state index in [4.69, 9.17) is 0 Å². The molecular formula is C16H20N4S. The van der Waals surface area contributed by atoms with Crippen LogP contribution in [0, 0.1) is 25.2 Å². The van der Waals surface area contributed by atoms with Crippen molar-refractivity contribution in [2.45, 2.75) is 47.1 Å². The highest BCUT2D eigenvalue weighted by atomic mass is 32.1. The monoisotopic (exact) mass is 300 g/mol. The first-order chi connectivity index (χ1) is 10.1. The molecule has 0 aliphatic carbocycles. The Bertz CT molecular complexity index is 663. The van der Waals surface area contributed by atoms with Crippen molar-refractivity contribution in [2.75, 3.05) is 5.32 Å². The first-order valence-electron chi connectivity index (χ1n) is 7.18. The molecule has 21 heavy (non-hydrogen) atoms. The molecule has 2 heterocycles. The van der Waals surface area contributed by atoms with Crippen LogP contribution in [0.5, 0.6) is 0 Å². The van der Waals surface area contributed by atoms with Crippen LogP contribution in [0.4, 0.5) is 5.82 Å². The third-order valence-corrected chi connectivity index (χ3v) is 4.76. The lowest BCUT2D eigenvalue weighted by Gasteiger charge is -2.11. The Morgan fingerprint density at radius 2 is 2.00 bits per heavy atom. The van der Waals surface area contributed by atoms with Gasteiger partial charge in [0.1, 0.15) is 11.6 Å². The molecule has 0 saturated carbocycles. The molecule has 0 atom stereocenters. The second kappa shape index (κ2) is 6.68. The average Bonchev–Trinajstić information content (AvgIpc) is 2.82. The van der Waals surface area contributed by atoms with Crippen LogP contribution in [-0.2, 0) is 19.4 Å². The van der Waals surface area contributed by atoms with Crippen LogP contribution in [0.1, 0.15) is 46.0 Å². The van der Waals surface area contributed by atoms with Gasteiger partial charge < -0.3 is 5.32 Å². The van der Waals surface area contributed by atoms with E-state index in [1.165, 1.54) is 15.3 Å². The minimum absolute atomic E-state index is 0.593. The van der Waals surface area contributed by atoms with Crippen LogP contribution in [0.25, 0.3) is 0 Å². The van der Waals surface area contributed by atoms with E-state index in [2.05, 4.69) is 41.5 Å². The third-order valence-electron chi connectivity index (χ3n) is 3.60. The van der Waals surface area contributed by atoms with Gasteiger partial charge >= 0.3 is 0 Å². The molecule has 0 unspecified atom stereocenters. The smallest absolute Gasteiger partial charge is 0.167 e. The quantitative estimate of drug-likeness (QED) is 0.913. The van der Waals surface area contributed by atoms with Crippen molar-refractivity contribution in [3.8, 4) is 6.07 Å². The minimum Gasteiger partial charge on any atom is -0.363 e. The fraction of sp³-hybridized carbons (Fsp3) is 0.438. The maximum atomic E-state index is 9.44. The van der Waals surface area contributed by atoms with E-state index in [0.29, 0.717) is 17.9 Å². The van der Waals surface area contributed by atoms with Gasteiger partial charge in [-0.15, -0.1) is 16.4 Å². The fourth-order valence-electron chi connectivity index (χ4n) is 2.32. The lowest BCUT2D eigenvalue weighted by molar-refractivity contribution is 0.870. The minimum atomic E-state index is 0.593. The highest BCUT2D eigenvalue weighted by molar-refractivity contribution is 7.12. The molecule has 0 saturated heterocycles. The van der Waals surface area contributed by atoms with Gasteiger partial charge in [0, 0.05) is 9.75 Å². The van der Waals surface area contributed by atoms with Gasteiger partial charge in [-0.05, 0) is 43.9 Å². The standard InChI is InChI=1S/C16H20N4S/c1-5-13-14(8-17)16(20-19-15(13)6-2)18-9-12-7-10(3)11(4)21-12/h7H,5-6,9H2,1-4H3,(H,18,20). The molecule has 5 heteroatoms. The number of nitrogens with one attached hydrogen (secondary N) is 1. The van der Waals surface area contributed by atoms with Crippen LogP contribution >= 0.6 is 11.3 Å². The number of aryl methyl sites for hydroxylation is 3. The number of thiophene rings is 1. The Labute approximate surface area is 129 Å². The van der Waals surface area contributed by atoms with E-state index < -0.39 is 0 Å². The van der Waals surface area contributed by atoms with Gasteiger partial charge in [0.25, 0.3) is 0 Å². The van der Waals surface area contributed by atoms with Gasteiger partial charge in [-0.2, -0.15) is 10.4 Å². The Balaban J connectivity index is 2.26. The summed E-state index contributed by atoms with van der Waals surface area (Å²) in [5, 5.41) is 21.1. The Morgan fingerprint density at radius 3 is 2.52 bits per heavy atom. The van der Waals surface area contributed by atoms with Gasteiger partial charge in [0.15, 0.2) is 5.82 Å². The molecule has 0 fully saturated rings. The molecule has 2 aromatic rings. The zero-order valence-electron chi connectivity index (χ0n) is 12.9. The second-order valence-corrected chi connectivity index (χ2v) is 6.31. The average molecular weight is 300 g/mol. The van der Waals surface area contributed by atoms with Crippen molar-refractivity contribution in [1.29, 1.82) is 5.26 Å². The second-order valence-electron chi connectivity index (χ2n) is 4.97. The number of aromatic nitrogens is 2. The number of hydrogen-bond acceptors (Lipinski definition) is 5. The van der Waals surface area contributed by atoms with E-state index in [1.807, 2.05) is 13.8 Å². The van der Waals surface area contributed by atoms with Crippen molar-refractivity contribution in [1.82, 2.24) is 10.2 Å². The van der Waals surface area contributed by atoms with Gasteiger partial charge in [0.05, 0.1) is 12.2 Å². The van der Waals surface area contributed by atoms with Gasteiger partial charge in [0.2, 0.25) is 0 Å². The molecule has 0 aliphatic rings. The molecule has 0 radical (unpaired) electrons. The Morgan fingerprint density at radius 1 is 1.24 bits per heavy atom. The zero-order valence-corrected chi connectivity index (χ0v) is 13.8.